The number of halogens is 1. The maximum Gasteiger partial charge on any atom is 0.314 e. The Bertz CT molecular complexity index is 719. The molecule has 126 valence electrons. The van der Waals surface area contributed by atoms with Crippen molar-refractivity contribution in [3.05, 3.63) is 47.9 Å². The molecule has 0 radical (unpaired) electrons. The number of aromatic nitrogens is 1. The number of hydrogen-bond donors (Lipinski definition) is 0. The van der Waals surface area contributed by atoms with E-state index in [0.717, 1.165) is 25.7 Å². The Hall–Kier alpha value is -2.23. The molecule has 0 spiro atoms. The van der Waals surface area contributed by atoms with E-state index in [0.29, 0.717) is 28.5 Å². The molecule has 3 rings (SSSR count). The van der Waals surface area contributed by atoms with Crippen molar-refractivity contribution in [2.45, 2.75) is 39.5 Å². The van der Waals surface area contributed by atoms with Crippen molar-refractivity contribution in [3.63, 3.8) is 0 Å². The SMILES string of the molecule is Cc1ccc(-c2ccc(OC(=O)C3CCC(C)CC3)cn2)cc1F. The number of hydrogen-bond acceptors (Lipinski definition) is 3. The van der Waals surface area contributed by atoms with E-state index in [2.05, 4.69) is 11.9 Å². The number of benzene rings is 1. The molecule has 1 aromatic heterocycles. The minimum absolute atomic E-state index is 0.00734. The largest absolute Gasteiger partial charge is 0.425 e. The second-order valence-electron chi connectivity index (χ2n) is 6.72. The van der Waals surface area contributed by atoms with Crippen LogP contribution in [0.2, 0.25) is 0 Å². The molecule has 24 heavy (non-hydrogen) atoms. The van der Waals surface area contributed by atoms with Crippen LogP contribution < -0.4 is 4.74 Å². The molecule has 0 atom stereocenters. The fourth-order valence-corrected chi connectivity index (χ4v) is 3.06. The van der Waals surface area contributed by atoms with Crippen LogP contribution in [0.25, 0.3) is 11.3 Å². The van der Waals surface area contributed by atoms with Crippen LogP contribution in [0.1, 0.15) is 38.2 Å². The van der Waals surface area contributed by atoms with Crippen LogP contribution in [-0.4, -0.2) is 11.0 Å². The fraction of sp³-hybridized carbons (Fsp3) is 0.400. The third kappa shape index (κ3) is 3.81. The van der Waals surface area contributed by atoms with Crippen molar-refractivity contribution in [3.8, 4) is 17.0 Å². The zero-order chi connectivity index (χ0) is 17.1. The van der Waals surface area contributed by atoms with Crippen molar-refractivity contribution >= 4 is 5.97 Å². The molecule has 0 N–H and O–H groups in total. The second-order valence-corrected chi connectivity index (χ2v) is 6.72. The van der Waals surface area contributed by atoms with Gasteiger partial charge in [-0.3, -0.25) is 9.78 Å². The summed E-state index contributed by atoms with van der Waals surface area (Å²) in [7, 11) is 0. The lowest BCUT2D eigenvalue weighted by Crippen LogP contribution is -2.24. The molecule has 1 aliphatic carbocycles. The van der Waals surface area contributed by atoms with Crippen molar-refractivity contribution in [2.75, 3.05) is 0 Å². The van der Waals surface area contributed by atoms with Crippen molar-refractivity contribution in [1.82, 2.24) is 4.98 Å². The number of pyridine rings is 1. The van der Waals surface area contributed by atoms with Gasteiger partial charge >= 0.3 is 5.97 Å². The number of nitrogens with zero attached hydrogens (tertiary/aromatic N) is 1. The first-order valence-electron chi connectivity index (χ1n) is 8.47. The third-order valence-electron chi connectivity index (χ3n) is 4.77. The molecular weight excluding hydrogens is 305 g/mol. The summed E-state index contributed by atoms with van der Waals surface area (Å²) < 4.78 is 19.1. The minimum Gasteiger partial charge on any atom is -0.425 e. The average Bonchev–Trinajstić information content (AvgIpc) is 2.58. The average molecular weight is 327 g/mol. The molecule has 1 aromatic carbocycles. The van der Waals surface area contributed by atoms with E-state index in [-0.39, 0.29) is 17.7 Å². The Morgan fingerprint density at radius 1 is 1.17 bits per heavy atom. The fourth-order valence-electron chi connectivity index (χ4n) is 3.06. The zero-order valence-electron chi connectivity index (χ0n) is 14.1. The van der Waals surface area contributed by atoms with Gasteiger partial charge in [0.05, 0.1) is 17.8 Å². The molecule has 1 aliphatic rings. The summed E-state index contributed by atoms with van der Waals surface area (Å²) in [4.78, 5) is 16.5. The number of aryl methyl sites for hydroxylation is 1. The zero-order valence-corrected chi connectivity index (χ0v) is 14.1. The van der Waals surface area contributed by atoms with Gasteiger partial charge < -0.3 is 4.74 Å². The number of esters is 1. The highest BCUT2D eigenvalue weighted by Crippen LogP contribution is 2.29. The van der Waals surface area contributed by atoms with E-state index in [4.69, 9.17) is 4.74 Å². The highest BCUT2D eigenvalue weighted by Gasteiger charge is 2.26. The van der Waals surface area contributed by atoms with Gasteiger partial charge in [0.15, 0.2) is 0 Å². The Kier molecular flexibility index (Phi) is 4.93. The highest BCUT2D eigenvalue weighted by atomic mass is 19.1. The van der Waals surface area contributed by atoms with Gasteiger partial charge in [-0.25, -0.2) is 4.39 Å². The van der Waals surface area contributed by atoms with Crippen LogP contribution in [0.4, 0.5) is 4.39 Å². The normalized spacial score (nSPS) is 20.6. The van der Waals surface area contributed by atoms with E-state index in [1.807, 2.05) is 6.07 Å². The summed E-state index contributed by atoms with van der Waals surface area (Å²) in [6, 6.07) is 8.48. The molecular formula is C20H22FNO2. The predicted molar refractivity (Wildman–Crippen MR) is 91.1 cm³/mol. The summed E-state index contributed by atoms with van der Waals surface area (Å²) in [6.07, 6.45) is 5.48. The lowest BCUT2D eigenvalue weighted by Gasteiger charge is -2.24. The maximum atomic E-state index is 13.7. The highest BCUT2D eigenvalue weighted by molar-refractivity contribution is 5.75. The van der Waals surface area contributed by atoms with Gasteiger partial charge in [-0.2, -0.15) is 0 Å². The summed E-state index contributed by atoms with van der Waals surface area (Å²) >= 11 is 0. The van der Waals surface area contributed by atoms with E-state index in [9.17, 15) is 9.18 Å². The third-order valence-corrected chi connectivity index (χ3v) is 4.77. The van der Waals surface area contributed by atoms with Gasteiger partial charge in [-0.15, -0.1) is 0 Å². The second kappa shape index (κ2) is 7.12. The topological polar surface area (TPSA) is 39.2 Å². The molecule has 0 unspecified atom stereocenters. The van der Waals surface area contributed by atoms with Gasteiger partial charge in [0.25, 0.3) is 0 Å². The van der Waals surface area contributed by atoms with Crippen molar-refractivity contribution in [2.24, 2.45) is 11.8 Å². The van der Waals surface area contributed by atoms with E-state index in [1.165, 1.54) is 12.3 Å². The summed E-state index contributed by atoms with van der Waals surface area (Å²) in [5, 5.41) is 0. The predicted octanol–water partition coefficient (Wildman–Crippen LogP) is 4.93. The number of ether oxygens (including phenoxy) is 1. The van der Waals surface area contributed by atoms with Gasteiger partial charge in [-0.05, 0) is 62.3 Å². The molecule has 0 bridgehead atoms. The van der Waals surface area contributed by atoms with Crippen molar-refractivity contribution < 1.29 is 13.9 Å². The first-order chi connectivity index (χ1) is 11.5. The molecule has 3 nitrogen and oxygen atoms in total. The van der Waals surface area contributed by atoms with Crippen LogP contribution >= 0.6 is 0 Å². The van der Waals surface area contributed by atoms with Crippen LogP contribution in [0.15, 0.2) is 36.5 Å². The molecule has 0 saturated heterocycles. The van der Waals surface area contributed by atoms with Gasteiger partial charge in [0.2, 0.25) is 0 Å². The Morgan fingerprint density at radius 3 is 2.54 bits per heavy atom. The quantitative estimate of drug-likeness (QED) is 0.751. The monoisotopic (exact) mass is 327 g/mol. The van der Waals surface area contributed by atoms with E-state index < -0.39 is 0 Å². The molecule has 1 fully saturated rings. The number of carbonyl (C=O) groups excluding carboxylic acids is 1. The summed E-state index contributed by atoms with van der Waals surface area (Å²) in [5.74, 6) is 0.709. The Morgan fingerprint density at radius 2 is 1.92 bits per heavy atom. The van der Waals surface area contributed by atoms with Gasteiger partial charge in [0, 0.05) is 5.56 Å². The van der Waals surface area contributed by atoms with Crippen LogP contribution in [0.5, 0.6) is 5.75 Å². The van der Waals surface area contributed by atoms with Crippen molar-refractivity contribution in [1.29, 1.82) is 0 Å². The lowest BCUT2D eigenvalue weighted by atomic mass is 9.83. The van der Waals surface area contributed by atoms with E-state index in [1.54, 1.807) is 25.1 Å². The standard InChI is InChI=1S/C20H22FNO2/c1-13-3-6-15(7-4-13)20(23)24-17-9-10-19(22-12-17)16-8-5-14(2)18(21)11-16/h5,8-13,15H,3-4,6-7H2,1-2H3. The Balaban J connectivity index is 1.66. The smallest absolute Gasteiger partial charge is 0.314 e. The van der Waals surface area contributed by atoms with Crippen LogP contribution in [0, 0.1) is 24.6 Å². The Labute approximate surface area is 141 Å². The van der Waals surface area contributed by atoms with Crippen LogP contribution in [0.3, 0.4) is 0 Å². The molecule has 0 aliphatic heterocycles. The molecule has 0 amide bonds. The molecule has 4 heteroatoms. The molecule has 2 aromatic rings. The van der Waals surface area contributed by atoms with Gasteiger partial charge in [0.1, 0.15) is 11.6 Å². The number of carbonyl (C=O) groups is 1. The van der Waals surface area contributed by atoms with E-state index >= 15 is 0 Å². The molecule has 1 heterocycles. The van der Waals surface area contributed by atoms with Crippen LogP contribution in [-0.2, 0) is 4.79 Å². The first-order valence-corrected chi connectivity index (χ1v) is 8.47. The number of rotatable bonds is 3. The summed E-state index contributed by atoms with van der Waals surface area (Å²) in [5.41, 5.74) is 1.96. The summed E-state index contributed by atoms with van der Waals surface area (Å²) in [6.45, 7) is 3.94. The van der Waals surface area contributed by atoms with Gasteiger partial charge in [-0.1, -0.05) is 19.1 Å². The molecule has 1 saturated carbocycles. The minimum atomic E-state index is -0.253. The first kappa shape index (κ1) is 16.6. The lowest BCUT2D eigenvalue weighted by molar-refractivity contribution is -0.140. The maximum absolute atomic E-state index is 13.7.